The maximum Gasteiger partial charge on any atom is 0.239 e. The number of carbonyl (C=O) groups excluding carboxylic acids is 1. The molecule has 3 heterocycles. The van der Waals surface area contributed by atoms with E-state index in [9.17, 15) is 9.18 Å². The second-order valence-corrected chi connectivity index (χ2v) is 5.16. The molecule has 0 saturated carbocycles. The fourth-order valence-electron chi connectivity index (χ4n) is 2.63. The zero-order chi connectivity index (χ0) is 13.9. The summed E-state index contributed by atoms with van der Waals surface area (Å²) in [6.45, 7) is 3.24. The van der Waals surface area contributed by atoms with Crippen LogP contribution >= 0.6 is 0 Å². The van der Waals surface area contributed by atoms with Gasteiger partial charge < -0.3 is 15.1 Å². The lowest BCUT2D eigenvalue weighted by Gasteiger charge is -2.22. The van der Waals surface area contributed by atoms with Gasteiger partial charge in [-0.25, -0.2) is 9.37 Å². The highest BCUT2D eigenvalue weighted by Crippen LogP contribution is 2.23. The number of rotatable bonds is 2. The highest BCUT2D eigenvalue weighted by atomic mass is 19.1. The third-order valence-corrected chi connectivity index (χ3v) is 3.66. The number of amides is 1. The summed E-state index contributed by atoms with van der Waals surface area (Å²) in [5.41, 5.74) is 0. The van der Waals surface area contributed by atoms with E-state index in [1.165, 1.54) is 6.20 Å². The summed E-state index contributed by atoms with van der Waals surface area (Å²) in [5, 5.41) is 2.80. The predicted octanol–water partition coefficient (Wildman–Crippen LogP) is 0.542. The Hall–Kier alpha value is -1.92. The van der Waals surface area contributed by atoms with Gasteiger partial charge >= 0.3 is 0 Å². The second kappa shape index (κ2) is 5.60. The molecule has 0 radical (unpaired) electrons. The molecule has 2 fully saturated rings. The van der Waals surface area contributed by atoms with E-state index >= 15 is 0 Å². The molecule has 0 unspecified atom stereocenters. The molecule has 108 valence electrons. The molecule has 0 aromatic carbocycles. The van der Waals surface area contributed by atoms with Gasteiger partial charge in [-0.05, 0) is 19.3 Å². The van der Waals surface area contributed by atoms with E-state index < -0.39 is 5.82 Å². The number of aromatic nitrogens is 2. The fourth-order valence-corrected chi connectivity index (χ4v) is 2.63. The number of hydrogen-bond donors (Lipinski definition) is 1. The molecule has 1 amide bonds. The first-order valence-corrected chi connectivity index (χ1v) is 7.03. The van der Waals surface area contributed by atoms with Crippen molar-refractivity contribution >= 4 is 17.7 Å². The van der Waals surface area contributed by atoms with E-state index in [1.807, 2.05) is 4.90 Å². The van der Waals surface area contributed by atoms with E-state index in [0.717, 1.165) is 32.4 Å². The van der Waals surface area contributed by atoms with Crippen LogP contribution in [0.3, 0.4) is 0 Å². The van der Waals surface area contributed by atoms with Crippen molar-refractivity contribution in [1.82, 2.24) is 15.3 Å². The van der Waals surface area contributed by atoms with Crippen molar-refractivity contribution in [2.75, 3.05) is 42.5 Å². The molecule has 20 heavy (non-hydrogen) atoms. The number of nitrogens with one attached hydrogen (secondary N) is 1. The average Bonchev–Trinajstić information content (AvgIpc) is 2.88. The van der Waals surface area contributed by atoms with Crippen molar-refractivity contribution in [3.8, 4) is 0 Å². The smallest absolute Gasteiger partial charge is 0.239 e. The molecule has 0 atom stereocenters. The number of hydrogen-bond acceptors (Lipinski definition) is 5. The van der Waals surface area contributed by atoms with Gasteiger partial charge in [-0.1, -0.05) is 0 Å². The van der Waals surface area contributed by atoms with Gasteiger partial charge in [0.15, 0.2) is 11.6 Å². The topological polar surface area (TPSA) is 61.4 Å². The van der Waals surface area contributed by atoms with Crippen LogP contribution < -0.4 is 15.1 Å². The van der Waals surface area contributed by atoms with Crippen molar-refractivity contribution in [2.45, 2.75) is 19.3 Å². The van der Waals surface area contributed by atoms with E-state index in [4.69, 9.17) is 0 Å². The van der Waals surface area contributed by atoms with Gasteiger partial charge in [0, 0.05) is 26.2 Å². The third kappa shape index (κ3) is 2.66. The molecule has 1 aromatic rings. The summed E-state index contributed by atoms with van der Waals surface area (Å²) in [6, 6.07) is 0. The third-order valence-electron chi connectivity index (χ3n) is 3.66. The second-order valence-electron chi connectivity index (χ2n) is 5.16. The summed E-state index contributed by atoms with van der Waals surface area (Å²) in [4.78, 5) is 23.7. The minimum absolute atomic E-state index is 0.0434. The summed E-state index contributed by atoms with van der Waals surface area (Å²) in [7, 11) is 0. The summed E-state index contributed by atoms with van der Waals surface area (Å²) in [5.74, 6) is 0.357. The van der Waals surface area contributed by atoms with E-state index in [1.54, 1.807) is 4.90 Å². The Bertz CT molecular complexity index is 504. The molecule has 0 aliphatic carbocycles. The molecule has 2 aliphatic heterocycles. The molecule has 0 bridgehead atoms. The van der Waals surface area contributed by atoms with Crippen molar-refractivity contribution in [2.24, 2.45) is 0 Å². The summed E-state index contributed by atoms with van der Waals surface area (Å²) < 4.78 is 13.9. The lowest BCUT2D eigenvalue weighted by Crippen LogP contribution is -2.34. The first-order chi connectivity index (χ1) is 9.74. The molecular weight excluding hydrogens is 261 g/mol. The Morgan fingerprint density at radius 3 is 2.70 bits per heavy atom. The largest absolute Gasteiger partial charge is 0.354 e. The van der Waals surface area contributed by atoms with Crippen LogP contribution in [0.4, 0.5) is 16.2 Å². The zero-order valence-corrected chi connectivity index (χ0v) is 11.3. The predicted molar refractivity (Wildman–Crippen MR) is 73.3 cm³/mol. The normalized spacial score (nSPS) is 19.9. The molecule has 3 rings (SSSR count). The van der Waals surface area contributed by atoms with E-state index in [2.05, 4.69) is 15.3 Å². The lowest BCUT2D eigenvalue weighted by molar-refractivity contribution is -0.119. The van der Waals surface area contributed by atoms with Gasteiger partial charge in [0.25, 0.3) is 0 Å². The number of nitrogens with zero attached hydrogens (tertiary/aromatic N) is 4. The van der Waals surface area contributed by atoms with Crippen molar-refractivity contribution in [3.05, 3.63) is 12.0 Å². The lowest BCUT2D eigenvalue weighted by atomic mass is 10.4. The van der Waals surface area contributed by atoms with Crippen LogP contribution in [0.5, 0.6) is 0 Å². The number of halogens is 1. The molecule has 0 spiro atoms. The number of anilines is 2. The fraction of sp³-hybridized carbons (Fsp3) is 0.615. The van der Waals surface area contributed by atoms with Crippen LogP contribution in [0.1, 0.15) is 19.3 Å². The summed E-state index contributed by atoms with van der Waals surface area (Å²) in [6.07, 6.45) is 4.17. The first-order valence-electron chi connectivity index (χ1n) is 7.03. The first kappa shape index (κ1) is 13.1. The van der Waals surface area contributed by atoms with Gasteiger partial charge in [-0.3, -0.25) is 4.79 Å². The van der Waals surface area contributed by atoms with Crippen molar-refractivity contribution in [1.29, 1.82) is 0 Å². The van der Waals surface area contributed by atoms with E-state index in [0.29, 0.717) is 24.9 Å². The number of carbonyl (C=O) groups is 1. The Morgan fingerprint density at radius 1 is 1.15 bits per heavy atom. The highest BCUT2D eigenvalue weighted by molar-refractivity contribution is 5.81. The minimum Gasteiger partial charge on any atom is -0.354 e. The molecule has 1 N–H and O–H groups in total. The Balaban J connectivity index is 1.85. The van der Waals surface area contributed by atoms with Crippen molar-refractivity contribution in [3.63, 3.8) is 0 Å². The SMILES string of the molecule is O=C1CN(c2ncc(F)c(N3CCCC3)n2)CCCN1. The minimum atomic E-state index is -0.394. The van der Waals surface area contributed by atoms with Gasteiger partial charge in [0.1, 0.15) is 0 Å². The van der Waals surface area contributed by atoms with E-state index in [-0.39, 0.29) is 12.5 Å². The Labute approximate surface area is 117 Å². The molecular formula is C13H18FN5O. The molecule has 1 aromatic heterocycles. The molecule has 6 nitrogen and oxygen atoms in total. The molecule has 7 heteroatoms. The van der Waals surface area contributed by atoms with Crippen LogP contribution in [-0.4, -0.2) is 48.6 Å². The zero-order valence-electron chi connectivity index (χ0n) is 11.3. The van der Waals surface area contributed by atoms with Crippen LogP contribution in [0.2, 0.25) is 0 Å². The van der Waals surface area contributed by atoms with Gasteiger partial charge in [0.2, 0.25) is 11.9 Å². The molecule has 2 saturated heterocycles. The standard InChI is InChI=1S/C13H18FN5O/c14-10-8-16-13(17-12(10)18-5-1-2-6-18)19-7-3-4-15-11(20)9-19/h8H,1-7,9H2,(H,15,20). The Kier molecular flexibility index (Phi) is 3.66. The van der Waals surface area contributed by atoms with Gasteiger partial charge in [-0.15, -0.1) is 0 Å². The summed E-state index contributed by atoms with van der Waals surface area (Å²) >= 11 is 0. The monoisotopic (exact) mass is 279 g/mol. The van der Waals surface area contributed by atoms with Gasteiger partial charge in [-0.2, -0.15) is 4.98 Å². The highest BCUT2D eigenvalue weighted by Gasteiger charge is 2.22. The van der Waals surface area contributed by atoms with Crippen LogP contribution in [0.25, 0.3) is 0 Å². The van der Waals surface area contributed by atoms with Crippen LogP contribution in [0.15, 0.2) is 6.20 Å². The van der Waals surface area contributed by atoms with Crippen LogP contribution in [-0.2, 0) is 4.79 Å². The van der Waals surface area contributed by atoms with Gasteiger partial charge in [0.05, 0.1) is 12.7 Å². The molecule has 2 aliphatic rings. The Morgan fingerprint density at radius 2 is 1.90 bits per heavy atom. The quantitative estimate of drug-likeness (QED) is 0.856. The average molecular weight is 279 g/mol. The maximum absolute atomic E-state index is 13.9. The van der Waals surface area contributed by atoms with Crippen LogP contribution in [0, 0.1) is 5.82 Å². The maximum atomic E-state index is 13.9. The van der Waals surface area contributed by atoms with Crippen molar-refractivity contribution < 1.29 is 9.18 Å².